The predicted molar refractivity (Wildman–Crippen MR) is 100 cm³/mol. The number of hydrogen-bond acceptors (Lipinski definition) is 0. The molecule has 0 N–H and O–H groups in total. The molecule has 0 heterocycles. The van der Waals surface area contributed by atoms with Gasteiger partial charge < -0.3 is 0 Å². The Morgan fingerprint density at radius 2 is 1.19 bits per heavy atom. The minimum Gasteiger partial charge on any atom is -0.100 e. The Hall–Kier alpha value is -2.34. The van der Waals surface area contributed by atoms with Gasteiger partial charge in [-0.15, -0.1) is 6.58 Å². The molecule has 0 unspecified atom stereocenters. The van der Waals surface area contributed by atoms with E-state index in [-0.39, 0.29) is 0 Å². The van der Waals surface area contributed by atoms with E-state index in [0.717, 1.165) is 11.1 Å². The van der Waals surface area contributed by atoms with Crippen LogP contribution in [-0.4, -0.2) is 0 Å². The van der Waals surface area contributed by atoms with Crippen LogP contribution in [0, 0.1) is 0 Å². The molecule has 0 fully saturated rings. The molecule has 1 rings (SSSR count). The van der Waals surface area contributed by atoms with Crippen LogP contribution in [0.15, 0.2) is 98.2 Å². The van der Waals surface area contributed by atoms with Crippen LogP contribution in [-0.2, 0) is 0 Å². The fourth-order valence-electron chi connectivity index (χ4n) is 0.943. The summed E-state index contributed by atoms with van der Waals surface area (Å²) in [7, 11) is 0. The first-order chi connectivity index (χ1) is 9.87. The molecule has 0 spiro atoms. The van der Waals surface area contributed by atoms with E-state index < -0.39 is 0 Å². The predicted octanol–water partition coefficient (Wildman–Crippen LogP) is 6.77. The molecular weight excluding hydrogens is 252 g/mol. The van der Waals surface area contributed by atoms with Crippen LogP contribution >= 0.6 is 0 Å². The standard InChI is InChI=1S/C12H12.C5H8.C4H8/c1-3-11(4-2)10-12-8-6-5-7-9-12;1-4-5(2)3;1-4(2)3/h3-10H,1-2H2;4H,1-2H2,3H3;1H2,2-3H3. The highest BCUT2D eigenvalue weighted by Gasteiger charge is 1.85. The first kappa shape index (κ1) is 21.0. The van der Waals surface area contributed by atoms with Crippen molar-refractivity contribution in [2.45, 2.75) is 20.8 Å². The van der Waals surface area contributed by atoms with Crippen molar-refractivity contribution in [2.75, 3.05) is 0 Å². The summed E-state index contributed by atoms with van der Waals surface area (Å²) in [5.74, 6) is 0. The Morgan fingerprint density at radius 3 is 1.48 bits per heavy atom. The lowest BCUT2D eigenvalue weighted by Crippen LogP contribution is -1.72. The van der Waals surface area contributed by atoms with E-state index in [2.05, 4.69) is 32.9 Å². The number of hydrogen-bond donors (Lipinski definition) is 0. The van der Waals surface area contributed by atoms with Gasteiger partial charge in [0.25, 0.3) is 0 Å². The maximum Gasteiger partial charge on any atom is -0.0251 e. The highest BCUT2D eigenvalue weighted by atomic mass is 13.9. The molecule has 0 heteroatoms. The third kappa shape index (κ3) is 17.7. The third-order valence-electron chi connectivity index (χ3n) is 1.95. The largest absolute Gasteiger partial charge is 0.100 e. The van der Waals surface area contributed by atoms with Crippen molar-refractivity contribution in [2.24, 2.45) is 0 Å². The zero-order valence-corrected chi connectivity index (χ0v) is 13.7. The van der Waals surface area contributed by atoms with Gasteiger partial charge in [0.15, 0.2) is 0 Å². The maximum absolute atomic E-state index is 3.69. The smallest absolute Gasteiger partial charge is 0.0251 e. The molecule has 0 saturated heterocycles. The van der Waals surface area contributed by atoms with Gasteiger partial charge in [-0.25, -0.2) is 0 Å². The molecule has 0 aliphatic rings. The van der Waals surface area contributed by atoms with Crippen LogP contribution in [0.5, 0.6) is 0 Å². The summed E-state index contributed by atoms with van der Waals surface area (Å²) in [5.41, 5.74) is 4.40. The van der Waals surface area contributed by atoms with Crippen molar-refractivity contribution < 1.29 is 0 Å². The van der Waals surface area contributed by atoms with Gasteiger partial charge in [0.2, 0.25) is 0 Å². The average molecular weight is 280 g/mol. The summed E-state index contributed by atoms with van der Waals surface area (Å²) in [4.78, 5) is 0. The molecule has 1 aromatic rings. The van der Waals surface area contributed by atoms with Crippen molar-refractivity contribution in [1.82, 2.24) is 0 Å². The van der Waals surface area contributed by atoms with E-state index in [4.69, 9.17) is 0 Å². The summed E-state index contributed by atoms with van der Waals surface area (Å²) in [6.07, 6.45) is 7.35. The van der Waals surface area contributed by atoms with Gasteiger partial charge in [-0.3, -0.25) is 0 Å². The van der Waals surface area contributed by atoms with Crippen molar-refractivity contribution in [3.05, 3.63) is 104 Å². The molecule has 0 aromatic heterocycles. The normalized spacial score (nSPS) is 7.76. The van der Waals surface area contributed by atoms with Gasteiger partial charge >= 0.3 is 0 Å². The van der Waals surface area contributed by atoms with E-state index in [1.807, 2.05) is 57.2 Å². The molecule has 0 bridgehead atoms. The Bertz CT molecular complexity index is 470. The SMILES string of the molecule is C=C(C)C.C=CC(=C)C.C=CC(C=C)=Cc1ccccc1. The minimum atomic E-state index is 1.02. The Balaban J connectivity index is 0. The summed E-state index contributed by atoms with van der Waals surface area (Å²) < 4.78 is 0. The van der Waals surface area contributed by atoms with Crippen LogP contribution in [0.25, 0.3) is 6.08 Å². The lowest BCUT2D eigenvalue weighted by atomic mass is 10.1. The number of allylic oxidation sites excluding steroid dienone is 6. The monoisotopic (exact) mass is 280 g/mol. The second kappa shape index (κ2) is 14.1. The fraction of sp³-hybridized carbons (Fsp3) is 0.143. The van der Waals surface area contributed by atoms with Gasteiger partial charge in [-0.1, -0.05) is 86.0 Å². The van der Waals surface area contributed by atoms with Gasteiger partial charge in [0, 0.05) is 0 Å². The molecule has 1 aromatic carbocycles. The molecule has 112 valence electrons. The average Bonchev–Trinajstić information content (AvgIpc) is 2.46. The molecule has 21 heavy (non-hydrogen) atoms. The van der Waals surface area contributed by atoms with Crippen molar-refractivity contribution in [3.8, 4) is 0 Å². The Labute approximate surface area is 131 Å². The molecule has 0 aliphatic carbocycles. The van der Waals surface area contributed by atoms with Crippen LogP contribution in [0.2, 0.25) is 0 Å². The maximum atomic E-state index is 3.69. The number of rotatable bonds is 4. The second-order valence-electron chi connectivity index (χ2n) is 4.72. The molecular formula is C21H28. The second-order valence-corrected chi connectivity index (χ2v) is 4.72. The fourth-order valence-corrected chi connectivity index (χ4v) is 0.943. The van der Waals surface area contributed by atoms with Gasteiger partial charge in [-0.05, 0) is 38.0 Å². The van der Waals surface area contributed by atoms with Crippen molar-refractivity contribution in [1.29, 1.82) is 0 Å². The van der Waals surface area contributed by atoms with Crippen molar-refractivity contribution >= 4 is 6.08 Å². The number of benzene rings is 1. The lowest BCUT2D eigenvalue weighted by Gasteiger charge is -1.93. The molecule has 0 radical (unpaired) electrons. The molecule has 0 atom stereocenters. The molecule has 0 aliphatic heterocycles. The lowest BCUT2D eigenvalue weighted by molar-refractivity contribution is 1.42. The summed E-state index contributed by atoms with van der Waals surface area (Å²) >= 11 is 0. The van der Waals surface area contributed by atoms with E-state index >= 15 is 0 Å². The molecule has 0 saturated carbocycles. The minimum absolute atomic E-state index is 1.02. The molecule has 0 amide bonds. The summed E-state index contributed by atoms with van der Waals surface area (Å²) in [5, 5.41) is 0. The van der Waals surface area contributed by atoms with E-state index in [9.17, 15) is 0 Å². The molecule has 0 nitrogen and oxygen atoms in total. The first-order valence-electron chi connectivity index (χ1n) is 6.79. The third-order valence-corrected chi connectivity index (χ3v) is 1.95. The summed E-state index contributed by atoms with van der Waals surface area (Å²) in [6.45, 7) is 23.8. The zero-order chi connectivity index (χ0) is 16.7. The zero-order valence-electron chi connectivity index (χ0n) is 13.7. The van der Waals surface area contributed by atoms with Crippen LogP contribution in [0.4, 0.5) is 0 Å². The van der Waals surface area contributed by atoms with Crippen LogP contribution in [0.3, 0.4) is 0 Å². The van der Waals surface area contributed by atoms with Crippen LogP contribution in [0.1, 0.15) is 26.3 Å². The van der Waals surface area contributed by atoms with E-state index in [1.165, 1.54) is 11.1 Å². The highest BCUT2D eigenvalue weighted by molar-refractivity contribution is 5.58. The van der Waals surface area contributed by atoms with Gasteiger partial charge in [-0.2, -0.15) is 0 Å². The van der Waals surface area contributed by atoms with E-state index in [0.29, 0.717) is 0 Å². The van der Waals surface area contributed by atoms with Gasteiger partial charge in [0.05, 0.1) is 0 Å². The topological polar surface area (TPSA) is 0 Å². The Kier molecular flexibility index (Phi) is 14.1. The highest BCUT2D eigenvalue weighted by Crippen LogP contribution is 2.07. The van der Waals surface area contributed by atoms with Gasteiger partial charge in [0.1, 0.15) is 0 Å². The van der Waals surface area contributed by atoms with E-state index in [1.54, 1.807) is 18.2 Å². The first-order valence-corrected chi connectivity index (χ1v) is 6.79. The quantitative estimate of drug-likeness (QED) is 0.421. The van der Waals surface area contributed by atoms with Crippen LogP contribution < -0.4 is 0 Å². The summed E-state index contributed by atoms with van der Waals surface area (Å²) in [6, 6.07) is 10.1. The Morgan fingerprint density at radius 1 is 0.810 bits per heavy atom. The van der Waals surface area contributed by atoms with Crippen molar-refractivity contribution in [3.63, 3.8) is 0 Å².